The summed E-state index contributed by atoms with van der Waals surface area (Å²) in [6.07, 6.45) is 5.56. The normalized spacial score (nSPS) is 10.2. The summed E-state index contributed by atoms with van der Waals surface area (Å²) >= 11 is 0. The Kier molecular flexibility index (Phi) is 3.44. The second-order valence-electron chi connectivity index (χ2n) is 3.48. The molecule has 0 unspecified atom stereocenters. The standard InChI is InChI=1S/C11H12N4O2/c1-8-14-9(7-17-8)3-4-10(16)15-11-12-5-2-6-13-11/h2,5-7H,3-4H2,1H3,(H,12,13,15,16). The number of nitrogens with zero attached hydrogens (tertiary/aromatic N) is 3. The van der Waals surface area contributed by atoms with Crippen molar-refractivity contribution in [1.29, 1.82) is 0 Å². The van der Waals surface area contributed by atoms with E-state index in [0.29, 0.717) is 24.7 Å². The van der Waals surface area contributed by atoms with Gasteiger partial charge in [-0.2, -0.15) is 0 Å². The monoisotopic (exact) mass is 232 g/mol. The van der Waals surface area contributed by atoms with Gasteiger partial charge < -0.3 is 4.42 Å². The molecule has 1 amide bonds. The van der Waals surface area contributed by atoms with Crippen molar-refractivity contribution in [2.45, 2.75) is 19.8 Å². The van der Waals surface area contributed by atoms with Gasteiger partial charge in [-0.25, -0.2) is 15.0 Å². The molecule has 2 heterocycles. The van der Waals surface area contributed by atoms with Gasteiger partial charge in [0.2, 0.25) is 11.9 Å². The summed E-state index contributed by atoms with van der Waals surface area (Å²) in [4.78, 5) is 23.5. The molecule has 0 aliphatic heterocycles. The lowest BCUT2D eigenvalue weighted by atomic mass is 10.2. The molecule has 88 valence electrons. The van der Waals surface area contributed by atoms with Crippen LogP contribution in [-0.2, 0) is 11.2 Å². The minimum absolute atomic E-state index is 0.142. The predicted molar refractivity (Wildman–Crippen MR) is 60.2 cm³/mol. The number of carbonyl (C=O) groups excluding carboxylic acids is 1. The van der Waals surface area contributed by atoms with Crippen molar-refractivity contribution in [3.63, 3.8) is 0 Å². The van der Waals surface area contributed by atoms with Crippen molar-refractivity contribution in [2.24, 2.45) is 0 Å². The highest BCUT2D eigenvalue weighted by molar-refractivity contribution is 5.88. The van der Waals surface area contributed by atoms with Crippen molar-refractivity contribution in [3.8, 4) is 0 Å². The van der Waals surface area contributed by atoms with Crippen LogP contribution in [0.5, 0.6) is 0 Å². The molecule has 0 radical (unpaired) electrons. The van der Waals surface area contributed by atoms with Crippen LogP contribution in [0.3, 0.4) is 0 Å². The molecule has 2 aromatic rings. The maximum absolute atomic E-state index is 11.5. The topological polar surface area (TPSA) is 80.9 Å². The average Bonchev–Trinajstić information content (AvgIpc) is 2.74. The average molecular weight is 232 g/mol. The van der Waals surface area contributed by atoms with E-state index >= 15 is 0 Å². The highest BCUT2D eigenvalue weighted by Gasteiger charge is 2.06. The smallest absolute Gasteiger partial charge is 0.229 e. The molecule has 0 saturated carbocycles. The van der Waals surface area contributed by atoms with Crippen molar-refractivity contribution >= 4 is 11.9 Å². The summed E-state index contributed by atoms with van der Waals surface area (Å²) in [6.45, 7) is 1.77. The third-order valence-electron chi connectivity index (χ3n) is 2.09. The van der Waals surface area contributed by atoms with Gasteiger partial charge in [-0.1, -0.05) is 0 Å². The van der Waals surface area contributed by atoms with Gasteiger partial charge in [0.15, 0.2) is 5.89 Å². The van der Waals surface area contributed by atoms with Crippen LogP contribution in [0.2, 0.25) is 0 Å². The van der Waals surface area contributed by atoms with Gasteiger partial charge in [-0.3, -0.25) is 10.1 Å². The van der Waals surface area contributed by atoms with E-state index in [2.05, 4.69) is 20.3 Å². The molecule has 1 N–H and O–H groups in total. The number of rotatable bonds is 4. The van der Waals surface area contributed by atoms with Crippen LogP contribution in [-0.4, -0.2) is 20.9 Å². The van der Waals surface area contributed by atoms with Gasteiger partial charge in [0.25, 0.3) is 0 Å². The van der Waals surface area contributed by atoms with Crippen molar-refractivity contribution < 1.29 is 9.21 Å². The number of hydrogen-bond acceptors (Lipinski definition) is 5. The van der Waals surface area contributed by atoms with Crippen LogP contribution in [0.25, 0.3) is 0 Å². The SMILES string of the molecule is Cc1nc(CCC(=O)Nc2ncccn2)co1. The molecule has 0 saturated heterocycles. The summed E-state index contributed by atoms with van der Waals surface area (Å²) < 4.78 is 5.05. The zero-order chi connectivity index (χ0) is 12.1. The maximum atomic E-state index is 11.5. The van der Waals surface area contributed by atoms with E-state index in [-0.39, 0.29) is 5.91 Å². The van der Waals surface area contributed by atoms with Gasteiger partial charge >= 0.3 is 0 Å². The molecule has 0 aliphatic rings. The fourth-order valence-corrected chi connectivity index (χ4v) is 1.32. The molecule has 0 bridgehead atoms. The molecular weight excluding hydrogens is 220 g/mol. The lowest BCUT2D eigenvalue weighted by molar-refractivity contribution is -0.116. The number of oxazole rings is 1. The molecule has 2 rings (SSSR count). The molecular formula is C11H12N4O2. The van der Waals surface area contributed by atoms with Crippen LogP contribution in [0, 0.1) is 6.92 Å². The summed E-state index contributed by atoms with van der Waals surface area (Å²) in [7, 11) is 0. The van der Waals surface area contributed by atoms with Crippen LogP contribution >= 0.6 is 0 Å². The van der Waals surface area contributed by atoms with E-state index < -0.39 is 0 Å². The first-order chi connectivity index (χ1) is 8.24. The summed E-state index contributed by atoms with van der Waals surface area (Å²) in [5.74, 6) is 0.775. The summed E-state index contributed by atoms with van der Waals surface area (Å²) in [5, 5.41) is 2.60. The van der Waals surface area contributed by atoms with E-state index in [1.54, 1.807) is 31.6 Å². The minimum Gasteiger partial charge on any atom is -0.449 e. The molecule has 17 heavy (non-hydrogen) atoms. The molecule has 0 atom stereocenters. The number of carbonyl (C=O) groups is 1. The molecule has 6 heteroatoms. The van der Waals surface area contributed by atoms with E-state index in [1.165, 1.54) is 0 Å². The molecule has 0 aromatic carbocycles. The van der Waals surface area contributed by atoms with Crippen molar-refractivity contribution in [2.75, 3.05) is 5.32 Å². The third-order valence-corrected chi connectivity index (χ3v) is 2.09. The Bertz CT molecular complexity index is 495. The van der Waals surface area contributed by atoms with Crippen LogP contribution in [0.15, 0.2) is 29.1 Å². The highest BCUT2D eigenvalue weighted by Crippen LogP contribution is 2.04. The first-order valence-electron chi connectivity index (χ1n) is 5.22. The third kappa shape index (κ3) is 3.37. The quantitative estimate of drug-likeness (QED) is 0.860. The van der Waals surface area contributed by atoms with E-state index in [9.17, 15) is 4.79 Å². The van der Waals surface area contributed by atoms with Gasteiger partial charge in [-0.05, 0) is 6.07 Å². The fraction of sp³-hybridized carbons (Fsp3) is 0.273. The van der Waals surface area contributed by atoms with E-state index in [4.69, 9.17) is 4.42 Å². The molecule has 0 fully saturated rings. The molecule has 6 nitrogen and oxygen atoms in total. The Morgan fingerprint density at radius 1 is 1.41 bits per heavy atom. The number of aromatic nitrogens is 3. The fourth-order valence-electron chi connectivity index (χ4n) is 1.32. The Morgan fingerprint density at radius 2 is 2.18 bits per heavy atom. The number of nitrogens with one attached hydrogen (secondary N) is 1. The van der Waals surface area contributed by atoms with Gasteiger partial charge in [-0.15, -0.1) is 0 Å². The lowest BCUT2D eigenvalue weighted by Crippen LogP contribution is -2.14. The maximum Gasteiger partial charge on any atom is 0.229 e. The van der Waals surface area contributed by atoms with Crippen molar-refractivity contribution in [3.05, 3.63) is 36.3 Å². The van der Waals surface area contributed by atoms with Gasteiger partial charge in [0, 0.05) is 32.2 Å². The lowest BCUT2D eigenvalue weighted by Gasteiger charge is -2.01. The number of hydrogen-bond donors (Lipinski definition) is 1. The van der Waals surface area contributed by atoms with Gasteiger partial charge in [0.05, 0.1) is 5.69 Å². The Balaban J connectivity index is 1.82. The zero-order valence-corrected chi connectivity index (χ0v) is 9.38. The highest BCUT2D eigenvalue weighted by atomic mass is 16.3. The Labute approximate surface area is 98.1 Å². The van der Waals surface area contributed by atoms with Crippen LogP contribution < -0.4 is 5.32 Å². The number of aryl methyl sites for hydroxylation is 2. The molecule has 0 aliphatic carbocycles. The summed E-state index contributed by atoms with van der Waals surface area (Å²) in [6, 6.07) is 1.69. The molecule has 0 spiro atoms. The van der Waals surface area contributed by atoms with E-state index in [0.717, 1.165) is 5.69 Å². The first-order valence-corrected chi connectivity index (χ1v) is 5.22. The Hall–Kier alpha value is -2.24. The first kappa shape index (κ1) is 11.3. The summed E-state index contributed by atoms with van der Waals surface area (Å²) in [5.41, 5.74) is 0.770. The van der Waals surface area contributed by atoms with Gasteiger partial charge in [0.1, 0.15) is 6.26 Å². The van der Waals surface area contributed by atoms with Crippen LogP contribution in [0.1, 0.15) is 18.0 Å². The van der Waals surface area contributed by atoms with E-state index in [1.807, 2.05) is 0 Å². The molecule has 2 aromatic heterocycles. The zero-order valence-electron chi connectivity index (χ0n) is 9.38. The number of anilines is 1. The van der Waals surface area contributed by atoms with Crippen molar-refractivity contribution in [1.82, 2.24) is 15.0 Å². The predicted octanol–water partition coefficient (Wildman–Crippen LogP) is 1.34. The number of amides is 1. The minimum atomic E-state index is -0.142. The largest absolute Gasteiger partial charge is 0.449 e. The second kappa shape index (κ2) is 5.20. The van der Waals surface area contributed by atoms with Crippen LogP contribution in [0.4, 0.5) is 5.95 Å². The Morgan fingerprint density at radius 3 is 2.82 bits per heavy atom. The second-order valence-corrected chi connectivity index (χ2v) is 3.48.